The predicted molar refractivity (Wildman–Crippen MR) is 70.2 cm³/mol. The van der Waals surface area contributed by atoms with Gasteiger partial charge in [0.15, 0.2) is 0 Å². The Bertz CT molecular complexity index is 280. The molecule has 1 unspecified atom stereocenters. The lowest BCUT2D eigenvalue weighted by molar-refractivity contribution is 0.455. The fourth-order valence-electron chi connectivity index (χ4n) is 1.95. The average Bonchev–Trinajstić information content (AvgIpc) is 2.22. The van der Waals surface area contributed by atoms with Gasteiger partial charge in [-0.15, -0.1) is 0 Å². The normalized spacial score (nSPS) is 12.7. The van der Waals surface area contributed by atoms with E-state index in [9.17, 15) is 0 Å². The van der Waals surface area contributed by atoms with E-state index < -0.39 is 0 Å². The summed E-state index contributed by atoms with van der Waals surface area (Å²) in [5.74, 6) is 0.749. The molecule has 0 saturated heterocycles. The number of nitrogens with one attached hydrogen (secondary N) is 1. The Hall–Kier alpha value is -0.340. The summed E-state index contributed by atoms with van der Waals surface area (Å²) in [6.45, 7) is 3.36. The Morgan fingerprint density at radius 3 is 2.67 bits per heavy atom. The van der Waals surface area contributed by atoms with Crippen LogP contribution in [0.25, 0.3) is 0 Å². The molecule has 0 aliphatic rings. The highest BCUT2D eigenvalue weighted by atomic mass is 79.9. The van der Waals surface area contributed by atoms with Gasteiger partial charge in [-0.05, 0) is 44.0 Å². The van der Waals surface area contributed by atoms with Crippen LogP contribution in [0.4, 0.5) is 0 Å². The van der Waals surface area contributed by atoms with E-state index >= 15 is 0 Å². The smallest absolute Gasteiger partial charge is 0.0207 e. The van der Waals surface area contributed by atoms with Crippen LogP contribution in [0.1, 0.15) is 25.3 Å². The summed E-state index contributed by atoms with van der Waals surface area (Å²) in [7, 11) is 2.03. The molecule has 1 nitrogen and oxygen atoms in total. The van der Waals surface area contributed by atoms with Gasteiger partial charge in [0.2, 0.25) is 0 Å². The Morgan fingerprint density at radius 2 is 2.07 bits per heavy atom. The number of hydrogen-bond acceptors (Lipinski definition) is 1. The van der Waals surface area contributed by atoms with E-state index in [2.05, 4.69) is 52.4 Å². The van der Waals surface area contributed by atoms with Gasteiger partial charge < -0.3 is 5.32 Å². The highest BCUT2D eigenvalue weighted by Crippen LogP contribution is 2.21. The zero-order valence-electron chi connectivity index (χ0n) is 9.59. The van der Waals surface area contributed by atoms with Gasteiger partial charge in [0.1, 0.15) is 0 Å². The van der Waals surface area contributed by atoms with E-state index in [-0.39, 0.29) is 0 Å². The van der Waals surface area contributed by atoms with Crippen molar-refractivity contribution in [1.29, 1.82) is 0 Å². The molecule has 0 aliphatic carbocycles. The first kappa shape index (κ1) is 12.7. The molecule has 1 aromatic rings. The number of rotatable bonds is 6. The maximum atomic E-state index is 3.61. The van der Waals surface area contributed by atoms with Crippen molar-refractivity contribution < 1.29 is 0 Å². The topological polar surface area (TPSA) is 12.0 Å². The van der Waals surface area contributed by atoms with Gasteiger partial charge in [0.05, 0.1) is 0 Å². The Balaban J connectivity index is 2.60. The lowest BCUT2D eigenvalue weighted by atomic mass is 9.95. The van der Waals surface area contributed by atoms with Crippen LogP contribution < -0.4 is 5.32 Å². The van der Waals surface area contributed by atoms with Gasteiger partial charge in [-0.25, -0.2) is 0 Å². The second-order valence-corrected chi connectivity index (χ2v) is 4.86. The fourth-order valence-corrected chi connectivity index (χ4v) is 2.39. The number of hydrogen-bond donors (Lipinski definition) is 1. The highest BCUT2D eigenvalue weighted by Gasteiger charge is 2.09. The van der Waals surface area contributed by atoms with Crippen LogP contribution in [0.2, 0.25) is 0 Å². The maximum Gasteiger partial charge on any atom is 0.0207 e. The molecule has 1 N–H and O–H groups in total. The lowest BCUT2D eigenvalue weighted by Crippen LogP contribution is -2.20. The average molecular weight is 270 g/mol. The van der Waals surface area contributed by atoms with Gasteiger partial charge >= 0.3 is 0 Å². The van der Waals surface area contributed by atoms with E-state index in [0.717, 1.165) is 18.9 Å². The van der Waals surface area contributed by atoms with Crippen molar-refractivity contribution in [3.8, 4) is 0 Å². The highest BCUT2D eigenvalue weighted by molar-refractivity contribution is 9.10. The predicted octanol–water partition coefficient (Wildman–Crippen LogP) is 3.63. The van der Waals surface area contributed by atoms with E-state index in [1.165, 1.54) is 22.9 Å². The van der Waals surface area contributed by atoms with Gasteiger partial charge in [0, 0.05) is 4.47 Å². The third kappa shape index (κ3) is 4.35. The van der Waals surface area contributed by atoms with Gasteiger partial charge in [-0.1, -0.05) is 47.5 Å². The lowest BCUT2D eigenvalue weighted by Gasteiger charge is -2.16. The van der Waals surface area contributed by atoms with Crippen LogP contribution in [-0.2, 0) is 6.42 Å². The third-order valence-corrected chi connectivity index (χ3v) is 3.43. The van der Waals surface area contributed by atoms with Gasteiger partial charge in [-0.3, -0.25) is 0 Å². The molecule has 0 saturated carbocycles. The second-order valence-electron chi connectivity index (χ2n) is 4.01. The van der Waals surface area contributed by atoms with Crippen LogP contribution in [0.15, 0.2) is 28.7 Å². The minimum absolute atomic E-state index is 0.749. The molecule has 0 fully saturated rings. The van der Waals surface area contributed by atoms with Crippen LogP contribution in [0.5, 0.6) is 0 Å². The Morgan fingerprint density at radius 1 is 1.33 bits per heavy atom. The van der Waals surface area contributed by atoms with Crippen LogP contribution in [0.3, 0.4) is 0 Å². The molecule has 15 heavy (non-hydrogen) atoms. The van der Waals surface area contributed by atoms with Crippen LogP contribution >= 0.6 is 15.9 Å². The van der Waals surface area contributed by atoms with Gasteiger partial charge in [-0.2, -0.15) is 0 Å². The minimum Gasteiger partial charge on any atom is -0.319 e. The summed E-state index contributed by atoms with van der Waals surface area (Å²) >= 11 is 3.61. The molecule has 1 atom stereocenters. The van der Waals surface area contributed by atoms with Crippen molar-refractivity contribution in [1.82, 2.24) is 5.32 Å². The first-order valence-corrected chi connectivity index (χ1v) is 6.45. The molecule has 0 aliphatic heterocycles. The number of benzene rings is 1. The fraction of sp³-hybridized carbons (Fsp3) is 0.538. The first-order chi connectivity index (χ1) is 7.27. The largest absolute Gasteiger partial charge is 0.319 e. The van der Waals surface area contributed by atoms with Crippen molar-refractivity contribution in [2.75, 3.05) is 13.6 Å². The molecule has 0 spiro atoms. The van der Waals surface area contributed by atoms with E-state index in [0.29, 0.717) is 0 Å². The molecule has 0 amide bonds. The summed E-state index contributed by atoms with van der Waals surface area (Å²) < 4.78 is 1.24. The summed E-state index contributed by atoms with van der Waals surface area (Å²) in [4.78, 5) is 0. The van der Waals surface area contributed by atoms with E-state index in [1.54, 1.807) is 0 Å². The molecular formula is C13H20BrN. The summed E-state index contributed by atoms with van der Waals surface area (Å²) in [5.41, 5.74) is 1.42. The molecule has 0 heterocycles. The van der Waals surface area contributed by atoms with Crippen molar-refractivity contribution in [2.24, 2.45) is 5.92 Å². The molecule has 2 heteroatoms. The van der Waals surface area contributed by atoms with Gasteiger partial charge in [0.25, 0.3) is 0 Å². The molecule has 1 rings (SSSR count). The van der Waals surface area contributed by atoms with Crippen molar-refractivity contribution in [3.05, 3.63) is 34.3 Å². The molecular weight excluding hydrogens is 250 g/mol. The van der Waals surface area contributed by atoms with Crippen LogP contribution in [0, 0.1) is 5.92 Å². The second kappa shape index (κ2) is 7.02. The SMILES string of the molecule is CCCC(CNC)Cc1ccccc1Br. The summed E-state index contributed by atoms with van der Waals surface area (Å²) in [6.07, 6.45) is 3.72. The van der Waals surface area contributed by atoms with Crippen molar-refractivity contribution in [2.45, 2.75) is 26.2 Å². The molecule has 0 aromatic heterocycles. The molecule has 0 radical (unpaired) electrons. The first-order valence-electron chi connectivity index (χ1n) is 5.66. The maximum absolute atomic E-state index is 3.61. The summed E-state index contributed by atoms with van der Waals surface area (Å²) in [5, 5.41) is 3.28. The Kier molecular flexibility index (Phi) is 5.96. The van der Waals surface area contributed by atoms with Crippen LogP contribution in [-0.4, -0.2) is 13.6 Å². The third-order valence-electron chi connectivity index (χ3n) is 2.66. The quantitative estimate of drug-likeness (QED) is 0.832. The van der Waals surface area contributed by atoms with Crippen molar-refractivity contribution in [3.63, 3.8) is 0 Å². The Labute approximate surface area is 101 Å². The van der Waals surface area contributed by atoms with Crippen molar-refractivity contribution >= 4 is 15.9 Å². The summed E-state index contributed by atoms with van der Waals surface area (Å²) in [6, 6.07) is 8.52. The zero-order chi connectivity index (χ0) is 11.1. The van der Waals surface area contributed by atoms with E-state index in [4.69, 9.17) is 0 Å². The number of halogens is 1. The molecule has 84 valence electrons. The standard InChI is InChI=1S/C13H20BrN/c1-3-6-11(10-15-2)9-12-7-4-5-8-13(12)14/h4-5,7-8,11,15H,3,6,9-10H2,1-2H3. The zero-order valence-corrected chi connectivity index (χ0v) is 11.2. The minimum atomic E-state index is 0.749. The molecule has 0 bridgehead atoms. The monoisotopic (exact) mass is 269 g/mol. The molecule has 1 aromatic carbocycles. The van der Waals surface area contributed by atoms with E-state index in [1.807, 2.05) is 7.05 Å².